The average molecular weight is 506 g/mol. The maximum atomic E-state index is 13.2. The molecule has 1 atom stereocenters. The van der Waals surface area contributed by atoms with Crippen LogP contribution in [0, 0.1) is 18.7 Å². The summed E-state index contributed by atoms with van der Waals surface area (Å²) in [5, 5.41) is 4.08. The summed E-state index contributed by atoms with van der Waals surface area (Å²) in [7, 11) is 0. The zero-order valence-corrected chi connectivity index (χ0v) is 21.4. The fourth-order valence-electron chi connectivity index (χ4n) is 5.34. The average Bonchev–Trinajstić information content (AvgIpc) is 3.67. The minimum Gasteiger partial charge on any atom is -0.441 e. The smallest absolute Gasteiger partial charge is 0.256 e. The summed E-state index contributed by atoms with van der Waals surface area (Å²) >= 11 is 1.71. The van der Waals surface area contributed by atoms with E-state index in [0.717, 1.165) is 52.0 Å². The normalized spacial score (nSPS) is 18.8. The van der Waals surface area contributed by atoms with Crippen molar-refractivity contribution in [3.63, 3.8) is 0 Å². The molecule has 5 nitrogen and oxygen atoms in total. The lowest BCUT2D eigenvalue weighted by atomic mass is 9.89. The Bertz CT molecular complexity index is 1250. The van der Waals surface area contributed by atoms with Crippen LogP contribution < -0.4 is 0 Å². The molecule has 0 bridgehead atoms. The quantitative estimate of drug-likeness (QED) is 0.324. The van der Waals surface area contributed by atoms with Gasteiger partial charge in [0.15, 0.2) is 11.5 Å². The van der Waals surface area contributed by atoms with Crippen molar-refractivity contribution in [2.24, 2.45) is 5.92 Å². The molecular formula is C29H32FN3O2S. The molecule has 0 saturated carbocycles. The number of halogens is 1. The molecule has 4 aromatic rings. The Kier molecular flexibility index (Phi) is 7.78. The lowest BCUT2D eigenvalue weighted by Crippen LogP contribution is -2.37. The van der Waals surface area contributed by atoms with Gasteiger partial charge in [0, 0.05) is 26.6 Å². The van der Waals surface area contributed by atoms with E-state index in [1.165, 1.54) is 5.56 Å². The summed E-state index contributed by atoms with van der Waals surface area (Å²) in [5.41, 5.74) is 3.21. The number of carbonyl (C=O) groups excluding carboxylic acids is 1. The first-order valence-electron chi connectivity index (χ1n) is 12.7. The Hall–Kier alpha value is -3.03. The molecule has 2 aromatic heterocycles. The van der Waals surface area contributed by atoms with E-state index >= 15 is 0 Å². The summed E-state index contributed by atoms with van der Waals surface area (Å²) < 4.78 is 18.8. The minimum absolute atomic E-state index is 0.0522. The van der Waals surface area contributed by atoms with Crippen LogP contribution in [-0.2, 0) is 0 Å². The third-order valence-electron chi connectivity index (χ3n) is 7.20. The van der Waals surface area contributed by atoms with E-state index < -0.39 is 0 Å². The second-order valence-electron chi connectivity index (χ2n) is 9.71. The predicted molar refractivity (Wildman–Crippen MR) is 142 cm³/mol. The van der Waals surface area contributed by atoms with Crippen molar-refractivity contribution in [2.45, 2.75) is 32.1 Å². The van der Waals surface area contributed by atoms with Crippen molar-refractivity contribution >= 4 is 28.3 Å². The Morgan fingerprint density at radius 2 is 1.78 bits per heavy atom. The zero-order valence-electron chi connectivity index (χ0n) is 20.6. The number of amides is 1. The number of carbonyl (C=O) groups is 1. The fraction of sp³-hybridized carbons (Fsp3) is 0.379. The van der Waals surface area contributed by atoms with Crippen molar-refractivity contribution in [1.82, 2.24) is 14.8 Å². The summed E-state index contributed by atoms with van der Waals surface area (Å²) in [6.07, 6.45) is 3.25. The number of piperidine rings is 1. The van der Waals surface area contributed by atoms with E-state index in [1.807, 2.05) is 58.1 Å². The van der Waals surface area contributed by atoms with Crippen LogP contribution in [0.3, 0.4) is 0 Å². The molecule has 1 amide bonds. The third-order valence-corrected chi connectivity index (χ3v) is 7.83. The van der Waals surface area contributed by atoms with E-state index in [-0.39, 0.29) is 11.7 Å². The Morgan fingerprint density at radius 3 is 2.47 bits per heavy atom. The van der Waals surface area contributed by atoms with Crippen LogP contribution in [0.4, 0.5) is 4.39 Å². The van der Waals surface area contributed by atoms with Crippen LogP contribution in [0.25, 0.3) is 11.1 Å². The molecule has 2 saturated heterocycles. The second-order valence-corrected chi connectivity index (χ2v) is 10.5. The monoisotopic (exact) mass is 505 g/mol. The lowest BCUT2D eigenvalue weighted by Gasteiger charge is -2.33. The van der Waals surface area contributed by atoms with Crippen LogP contribution in [0.1, 0.15) is 47.0 Å². The lowest BCUT2D eigenvalue weighted by molar-refractivity contribution is 0.0783. The number of nitrogens with zero attached hydrogens (tertiary/aromatic N) is 3. The topological polar surface area (TPSA) is 49.6 Å². The molecule has 0 spiro atoms. The summed E-state index contributed by atoms with van der Waals surface area (Å²) in [5.74, 6) is 1.49. The van der Waals surface area contributed by atoms with Crippen molar-refractivity contribution < 1.29 is 13.6 Å². The zero-order chi connectivity index (χ0) is 24.9. The number of para-hydroxylation sites is 1. The maximum absolute atomic E-state index is 13.2. The standard InChI is InChI=1S/C25H28FN3O2.C4H4S/c1-17-27-24-22(3-2-4-23(24)31-17)25(30)29-14-9-18(16-29)15-28-12-10-20(11-13-28)19-5-7-21(26)8-6-19;1-2-4-5-3-1/h2-8,18,20H,9-16H2,1H3;1-4H/t18-;/m1./s1. The van der Waals surface area contributed by atoms with E-state index in [4.69, 9.17) is 4.42 Å². The Morgan fingerprint density at radius 1 is 1.03 bits per heavy atom. The van der Waals surface area contributed by atoms with Gasteiger partial charge >= 0.3 is 0 Å². The number of fused-ring (bicyclic) bond motifs is 1. The van der Waals surface area contributed by atoms with Crippen molar-refractivity contribution in [1.29, 1.82) is 0 Å². The number of oxazole rings is 1. The molecule has 36 heavy (non-hydrogen) atoms. The van der Waals surface area contributed by atoms with Gasteiger partial charge in [-0.15, -0.1) is 0 Å². The highest BCUT2D eigenvalue weighted by atomic mass is 32.1. The van der Waals surface area contributed by atoms with Gasteiger partial charge in [0.05, 0.1) is 5.56 Å². The molecule has 0 aliphatic carbocycles. The van der Waals surface area contributed by atoms with E-state index in [1.54, 1.807) is 30.4 Å². The summed E-state index contributed by atoms with van der Waals surface area (Å²) in [4.78, 5) is 22.0. The molecule has 2 fully saturated rings. The Labute approximate surface area is 215 Å². The molecule has 2 aliphatic rings. The molecule has 0 unspecified atom stereocenters. The molecule has 6 rings (SSSR count). The summed E-state index contributed by atoms with van der Waals surface area (Å²) in [6.45, 7) is 6.55. The molecule has 0 radical (unpaired) electrons. The number of hydrogen-bond donors (Lipinski definition) is 0. The van der Waals surface area contributed by atoms with Crippen LogP contribution in [0.2, 0.25) is 0 Å². The SMILES string of the molecule is Cc1nc2c(C(=O)N3CC[C@H](CN4CCC(c5ccc(F)cc5)CC4)C3)cccc2o1.c1ccsc1. The van der Waals surface area contributed by atoms with Crippen molar-refractivity contribution in [2.75, 3.05) is 32.7 Å². The van der Waals surface area contributed by atoms with Crippen molar-refractivity contribution in [3.05, 3.63) is 88.2 Å². The highest BCUT2D eigenvalue weighted by Gasteiger charge is 2.31. The fourth-order valence-corrected chi connectivity index (χ4v) is 5.80. The largest absolute Gasteiger partial charge is 0.441 e. The molecule has 188 valence electrons. The first-order valence-corrected chi connectivity index (χ1v) is 13.6. The Balaban J connectivity index is 0.000000477. The molecular weight excluding hydrogens is 473 g/mol. The molecule has 2 aromatic carbocycles. The van der Waals surface area contributed by atoms with Crippen LogP contribution >= 0.6 is 11.3 Å². The van der Waals surface area contributed by atoms with Crippen LogP contribution in [-0.4, -0.2) is 53.4 Å². The van der Waals surface area contributed by atoms with Crippen molar-refractivity contribution in [3.8, 4) is 0 Å². The summed E-state index contributed by atoms with van der Waals surface area (Å²) in [6, 6.07) is 16.6. The van der Waals surface area contributed by atoms with Gasteiger partial charge in [0.2, 0.25) is 0 Å². The number of rotatable bonds is 4. The number of aryl methyl sites for hydroxylation is 1. The number of hydrogen-bond acceptors (Lipinski definition) is 5. The number of thiophene rings is 1. The maximum Gasteiger partial charge on any atom is 0.256 e. The highest BCUT2D eigenvalue weighted by Crippen LogP contribution is 2.30. The van der Waals surface area contributed by atoms with Gasteiger partial charge < -0.3 is 14.2 Å². The third kappa shape index (κ3) is 5.85. The highest BCUT2D eigenvalue weighted by molar-refractivity contribution is 7.07. The molecule has 7 heteroatoms. The molecule has 0 N–H and O–H groups in total. The van der Waals surface area contributed by atoms with Crippen LogP contribution in [0.15, 0.2) is 69.8 Å². The van der Waals surface area contributed by atoms with Gasteiger partial charge in [-0.25, -0.2) is 9.37 Å². The van der Waals surface area contributed by atoms with Gasteiger partial charge in [-0.1, -0.05) is 30.3 Å². The predicted octanol–water partition coefficient (Wildman–Crippen LogP) is 6.37. The number of aromatic nitrogens is 1. The first-order chi connectivity index (χ1) is 17.6. The van der Waals surface area contributed by atoms with Gasteiger partial charge in [-0.2, -0.15) is 11.3 Å². The van der Waals surface area contributed by atoms with E-state index in [9.17, 15) is 9.18 Å². The molecule has 4 heterocycles. The van der Waals surface area contributed by atoms with Crippen LogP contribution in [0.5, 0.6) is 0 Å². The van der Waals surface area contributed by atoms with E-state index in [0.29, 0.717) is 34.4 Å². The first kappa shape index (κ1) is 24.7. The minimum atomic E-state index is -0.170. The second kappa shape index (κ2) is 11.4. The number of likely N-dealkylation sites (tertiary alicyclic amines) is 2. The van der Waals surface area contributed by atoms with Gasteiger partial charge in [0.1, 0.15) is 11.3 Å². The number of benzene rings is 2. The van der Waals surface area contributed by atoms with Gasteiger partial charge in [0.25, 0.3) is 5.91 Å². The van der Waals surface area contributed by atoms with E-state index in [2.05, 4.69) is 9.88 Å². The van der Waals surface area contributed by atoms with Gasteiger partial charge in [-0.05, 0) is 84.8 Å². The van der Waals surface area contributed by atoms with Gasteiger partial charge in [-0.3, -0.25) is 4.79 Å². The molecule has 2 aliphatic heterocycles.